The highest BCUT2D eigenvalue weighted by Crippen LogP contribution is 2.24. The maximum absolute atomic E-state index is 12.4. The predicted molar refractivity (Wildman–Crippen MR) is 117 cm³/mol. The Kier molecular flexibility index (Phi) is 7.18. The van der Waals surface area contributed by atoms with E-state index in [1.807, 2.05) is 0 Å². The Morgan fingerprint density at radius 3 is 2.57 bits per heavy atom. The van der Waals surface area contributed by atoms with Crippen molar-refractivity contribution in [3.05, 3.63) is 24.3 Å². The standard InChI is InChI=1S/C22H37N5O/c1-16-14-27(15-17(2)25-16)21-6-4-5-20(13-21)26(3)12-11-24-22(28)18-7-9-19(23)10-8-18/h4-6,13,16-19,25H,7-12,14-15,23H2,1-3H3,(H,24,28). The molecule has 0 bridgehead atoms. The fourth-order valence-corrected chi connectivity index (χ4v) is 4.47. The van der Waals surface area contributed by atoms with E-state index in [2.05, 4.69) is 65.6 Å². The molecule has 1 aliphatic heterocycles. The topological polar surface area (TPSA) is 73.6 Å². The van der Waals surface area contributed by atoms with Crippen molar-refractivity contribution in [3.8, 4) is 0 Å². The molecule has 1 aromatic rings. The molecule has 4 N–H and O–H groups in total. The lowest BCUT2D eigenvalue weighted by Gasteiger charge is -2.38. The molecule has 1 saturated carbocycles. The van der Waals surface area contributed by atoms with Gasteiger partial charge in [-0.15, -0.1) is 0 Å². The molecule has 1 aliphatic carbocycles. The van der Waals surface area contributed by atoms with Gasteiger partial charge in [-0.2, -0.15) is 0 Å². The van der Waals surface area contributed by atoms with Gasteiger partial charge < -0.3 is 26.2 Å². The second-order valence-corrected chi connectivity index (χ2v) is 8.72. The largest absolute Gasteiger partial charge is 0.373 e. The van der Waals surface area contributed by atoms with E-state index in [1.165, 1.54) is 11.4 Å². The molecular weight excluding hydrogens is 350 g/mol. The highest BCUT2D eigenvalue weighted by atomic mass is 16.1. The van der Waals surface area contributed by atoms with E-state index in [1.54, 1.807) is 0 Å². The van der Waals surface area contributed by atoms with Crippen LogP contribution in [-0.2, 0) is 4.79 Å². The molecule has 2 atom stereocenters. The summed E-state index contributed by atoms with van der Waals surface area (Å²) in [7, 11) is 2.09. The molecule has 2 unspecified atom stereocenters. The first kappa shape index (κ1) is 20.9. The monoisotopic (exact) mass is 387 g/mol. The maximum atomic E-state index is 12.4. The quantitative estimate of drug-likeness (QED) is 0.696. The first-order chi connectivity index (χ1) is 13.4. The lowest BCUT2D eigenvalue weighted by molar-refractivity contribution is -0.125. The number of hydrogen-bond acceptors (Lipinski definition) is 5. The number of nitrogens with two attached hydrogens (primary N) is 1. The van der Waals surface area contributed by atoms with Crippen LogP contribution in [0, 0.1) is 5.92 Å². The summed E-state index contributed by atoms with van der Waals surface area (Å²) >= 11 is 0. The Hall–Kier alpha value is -1.79. The molecule has 0 spiro atoms. The average molecular weight is 388 g/mol. The van der Waals surface area contributed by atoms with Gasteiger partial charge in [-0.05, 0) is 57.7 Å². The number of hydrogen-bond donors (Lipinski definition) is 3. The smallest absolute Gasteiger partial charge is 0.223 e. The molecule has 1 saturated heterocycles. The van der Waals surface area contributed by atoms with Crippen LogP contribution < -0.4 is 26.2 Å². The molecule has 156 valence electrons. The molecule has 6 heteroatoms. The molecule has 28 heavy (non-hydrogen) atoms. The lowest BCUT2D eigenvalue weighted by atomic mass is 9.86. The van der Waals surface area contributed by atoms with Crippen LogP contribution in [0.1, 0.15) is 39.5 Å². The highest BCUT2D eigenvalue weighted by molar-refractivity contribution is 5.78. The van der Waals surface area contributed by atoms with Crippen LogP contribution in [0.2, 0.25) is 0 Å². The van der Waals surface area contributed by atoms with Crippen LogP contribution in [0.25, 0.3) is 0 Å². The van der Waals surface area contributed by atoms with Crippen LogP contribution in [-0.4, -0.2) is 57.3 Å². The summed E-state index contributed by atoms with van der Waals surface area (Å²) in [5, 5.41) is 6.70. The summed E-state index contributed by atoms with van der Waals surface area (Å²) in [4.78, 5) is 17.0. The number of carbonyl (C=O) groups excluding carboxylic acids is 1. The van der Waals surface area contributed by atoms with E-state index in [-0.39, 0.29) is 17.9 Å². The van der Waals surface area contributed by atoms with Crippen molar-refractivity contribution in [3.63, 3.8) is 0 Å². The van der Waals surface area contributed by atoms with Gasteiger partial charge in [0.2, 0.25) is 5.91 Å². The van der Waals surface area contributed by atoms with Crippen molar-refractivity contribution in [2.45, 2.75) is 57.7 Å². The Balaban J connectivity index is 1.49. The van der Waals surface area contributed by atoms with Crippen LogP contribution in [0.4, 0.5) is 11.4 Å². The summed E-state index contributed by atoms with van der Waals surface area (Å²) < 4.78 is 0. The van der Waals surface area contributed by atoms with Gasteiger partial charge in [-0.1, -0.05) is 6.07 Å². The number of nitrogens with one attached hydrogen (secondary N) is 2. The molecule has 0 aromatic heterocycles. The predicted octanol–water partition coefficient (Wildman–Crippen LogP) is 1.94. The molecular formula is C22H37N5O. The minimum atomic E-state index is 0.144. The minimum absolute atomic E-state index is 0.144. The average Bonchev–Trinajstić information content (AvgIpc) is 2.67. The number of likely N-dealkylation sites (N-methyl/N-ethyl adjacent to an activating group) is 1. The van der Waals surface area contributed by atoms with Crippen molar-refractivity contribution >= 4 is 17.3 Å². The third-order valence-electron chi connectivity index (χ3n) is 6.08. The van der Waals surface area contributed by atoms with E-state index in [9.17, 15) is 4.79 Å². The molecule has 0 radical (unpaired) electrons. The zero-order valence-electron chi connectivity index (χ0n) is 17.7. The third kappa shape index (κ3) is 5.61. The maximum Gasteiger partial charge on any atom is 0.223 e. The molecule has 2 fully saturated rings. The number of anilines is 2. The first-order valence-electron chi connectivity index (χ1n) is 10.8. The van der Waals surface area contributed by atoms with Crippen LogP contribution in [0.15, 0.2) is 24.3 Å². The number of piperazine rings is 1. The second-order valence-electron chi connectivity index (χ2n) is 8.72. The van der Waals surface area contributed by atoms with Gasteiger partial charge in [-0.25, -0.2) is 0 Å². The summed E-state index contributed by atoms with van der Waals surface area (Å²) in [5.74, 6) is 0.336. The van der Waals surface area contributed by atoms with E-state index < -0.39 is 0 Å². The summed E-state index contributed by atoms with van der Waals surface area (Å²) in [6, 6.07) is 9.99. The molecule has 2 aliphatic rings. The van der Waals surface area contributed by atoms with Crippen LogP contribution in [0.3, 0.4) is 0 Å². The molecule has 1 heterocycles. The van der Waals surface area contributed by atoms with E-state index in [4.69, 9.17) is 5.73 Å². The SMILES string of the molecule is CC1CN(c2cccc(N(C)CCNC(=O)C3CCC(N)CC3)c2)CC(C)N1. The number of carbonyl (C=O) groups is 1. The van der Waals surface area contributed by atoms with Crippen molar-refractivity contribution in [1.82, 2.24) is 10.6 Å². The Bertz CT molecular complexity index is 634. The minimum Gasteiger partial charge on any atom is -0.373 e. The van der Waals surface area contributed by atoms with E-state index in [0.29, 0.717) is 18.6 Å². The van der Waals surface area contributed by atoms with Crippen molar-refractivity contribution < 1.29 is 4.79 Å². The normalized spacial score (nSPS) is 28.1. The summed E-state index contributed by atoms with van der Waals surface area (Å²) in [6.45, 7) is 8.00. The first-order valence-corrected chi connectivity index (χ1v) is 10.8. The Labute approximate surface area is 169 Å². The van der Waals surface area contributed by atoms with Gasteiger partial charge in [0, 0.05) is 68.6 Å². The molecule has 6 nitrogen and oxygen atoms in total. The zero-order chi connectivity index (χ0) is 20.1. The number of rotatable bonds is 6. The lowest BCUT2D eigenvalue weighted by Crippen LogP contribution is -2.54. The van der Waals surface area contributed by atoms with Crippen molar-refractivity contribution in [1.29, 1.82) is 0 Å². The van der Waals surface area contributed by atoms with Gasteiger partial charge in [0.1, 0.15) is 0 Å². The van der Waals surface area contributed by atoms with Crippen LogP contribution in [0.5, 0.6) is 0 Å². The van der Waals surface area contributed by atoms with Gasteiger partial charge in [-0.3, -0.25) is 4.79 Å². The Morgan fingerprint density at radius 2 is 1.89 bits per heavy atom. The zero-order valence-corrected chi connectivity index (χ0v) is 17.7. The van der Waals surface area contributed by atoms with Crippen molar-refractivity contribution in [2.75, 3.05) is 43.0 Å². The number of nitrogens with zero attached hydrogens (tertiary/aromatic N) is 2. The summed E-state index contributed by atoms with van der Waals surface area (Å²) in [6.07, 6.45) is 3.78. The molecule has 1 amide bonds. The van der Waals surface area contributed by atoms with Gasteiger partial charge in [0.05, 0.1) is 0 Å². The van der Waals surface area contributed by atoms with E-state index >= 15 is 0 Å². The second kappa shape index (κ2) is 9.61. The fourth-order valence-electron chi connectivity index (χ4n) is 4.47. The summed E-state index contributed by atoms with van der Waals surface area (Å²) in [5.41, 5.74) is 8.40. The highest BCUT2D eigenvalue weighted by Gasteiger charge is 2.24. The third-order valence-corrected chi connectivity index (χ3v) is 6.08. The van der Waals surface area contributed by atoms with Crippen LogP contribution >= 0.6 is 0 Å². The number of amides is 1. The van der Waals surface area contributed by atoms with Gasteiger partial charge in [0.15, 0.2) is 0 Å². The van der Waals surface area contributed by atoms with Gasteiger partial charge >= 0.3 is 0 Å². The Morgan fingerprint density at radius 1 is 1.21 bits per heavy atom. The fraction of sp³-hybridized carbons (Fsp3) is 0.682. The molecule has 3 rings (SSSR count). The van der Waals surface area contributed by atoms with E-state index in [0.717, 1.165) is 45.3 Å². The molecule has 1 aromatic carbocycles. The number of benzene rings is 1. The van der Waals surface area contributed by atoms with Crippen molar-refractivity contribution in [2.24, 2.45) is 11.7 Å². The van der Waals surface area contributed by atoms with Gasteiger partial charge in [0.25, 0.3) is 0 Å².